The molecular formula is C16H22N4O2. The van der Waals surface area contributed by atoms with Crippen LogP contribution in [0.3, 0.4) is 0 Å². The Morgan fingerprint density at radius 3 is 2.95 bits per heavy atom. The van der Waals surface area contributed by atoms with Gasteiger partial charge in [0.1, 0.15) is 0 Å². The number of likely N-dealkylation sites (N-methyl/N-ethyl adjacent to an activating group) is 1. The van der Waals surface area contributed by atoms with E-state index in [1.807, 2.05) is 41.8 Å². The lowest BCUT2D eigenvalue weighted by Gasteiger charge is -2.39. The van der Waals surface area contributed by atoms with Crippen LogP contribution in [0.25, 0.3) is 11.0 Å². The van der Waals surface area contributed by atoms with Crippen molar-refractivity contribution in [2.24, 2.45) is 7.05 Å². The fraction of sp³-hybridized carbons (Fsp3) is 0.500. The van der Waals surface area contributed by atoms with Gasteiger partial charge in [-0.25, -0.2) is 4.98 Å². The van der Waals surface area contributed by atoms with Crippen LogP contribution in [0.5, 0.6) is 0 Å². The van der Waals surface area contributed by atoms with Gasteiger partial charge in [-0.3, -0.25) is 9.69 Å². The first kappa shape index (κ1) is 15.0. The Balaban J connectivity index is 1.79. The fourth-order valence-corrected chi connectivity index (χ4v) is 3.04. The highest BCUT2D eigenvalue weighted by molar-refractivity contribution is 5.97. The first-order chi connectivity index (χ1) is 10.6. The Hall–Kier alpha value is -1.92. The van der Waals surface area contributed by atoms with Crippen molar-refractivity contribution in [3.05, 3.63) is 30.1 Å². The number of imidazole rings is 1. The minimum Gasteiger partial charge on any atom is -0.396 e. The summed E-state index contributed by atoms with van der Waals surface area (Å²) in [5, 5.41) is 9.16. The molecule has 2 aromatic rings. The largest absolute Gasteiger partial charge is 0.396 e. The predicted octanol–water partition coefficient (Wildman–Crippen LogP) is 0.712. The van der Waals surface area contributed by atoms with Gasteiger partial charge in [-0.1, -0.05) is 0 Å². The second-order valence-electron chi connectivity index (χ2n) is 5.96. The second kappa shape index (κ2) is 6.06. The smallest absolute Gasteiger partial charge is 0.254 e. The number of amides is 1. The molecule has 2 heterocycles. The van der Waals surface area contributed by atoms with Gasteiger partial charge in [-0.05, 0) is 31.7 Å². The summed E-state index contributed by atoms with van der Waals surface area (Å²) >= 11 is 0. The van der Waals surface area contributed by atoms with Gasteiger partial charge in [0.05, 0.1) is 17.4 Å². The van der Waals surface area contributed by atoms with Crippen LogP contribution in [-0.4, -0.2) is 69.7 Å². The van der Waals surface area contributed by atoms with E-state index in [1.165, 1.54) is 0 Å². The van der Waals surface area contributed by atoms with Crippen LogP contribution in [-0.2, 0) is 7.05 Å². The maximum Gasteiger partial charge on any atom is 0.254 e. The summed E-state index contributed by atoms with van der Waals surface area (Å²) in [7, 11) is 3.98. The molecule has 1 aromatic heterocycles. The summed E-state index contributed by atoms with van der Waals surface area (Å²) in [6.07, 6.45) is 2.45. The molecule has 1 unspecified atom stereocenters. The summed E-state index contributed by atoms with van der Waals surface area (Å²) in [6.45, 7) is 2.37. The molecule has 1 fully saturated rings. The number of benzene rings is 1. The van der Waals surface area contributed by atoms with Crippen molar-refractivity contribution in [1.29, 1.82) is 0 Å². The SMILES string of the molecule is CN1CCN(C(=O)c2ccc3c(c2)ncn3C)CC1CCO. The number of aliphatic hydroxyl groups is 1. The molecule has 1 N–H and O–H groups in total. The number of hydrogen-bond acceptors (Lipinski definition) is 4. The summed E-state index contributed by atoms with van der Waals surface area (Å²) in [4.78, 5) is 21.1. The highest BCUT2D eigenvalue weighted by Gasteiger charge is 2.27. The average molecular weight is 302 g/mol. The third-order valence-corrected chi connectivity index (χ3v) is 4.50. The average Bonchev–Trinajstić information content (AvgIpc) is 2.90. The minimum atomic E-state index is 0.0450. The molecule has 0 aliphatic carbocycles. The molecule has 0 radical (unpaired) electrons. The molecule has 118 valence electrons. The van der Waals surface area contributed by atoms with Gasteiger partial charge in [0.25, 0.3) is 5.91 Å². The van der Waals surface area contributed by atoms with Gasteiger partial charge in [0.15, 0.2) is 0 Å². The Labute approximate surface area is 130 Å². The molecule has 6 nitrogen and oxygen atoms in total. The first-order valence-electron chi connectivity index (χ1n) is 7.61. The lowest BCUT2D eigenvalue weighted by atomic mass is 10.1. The van der Waals surface area contributed by atoms with Crippen molar-refractivity contribution in [3.8, 4) is 0 Å². The van der Waals surface area contributed by atoms with E-state index in [2.05, 4.69) is 9.88 Å². The zero-order valence-corrected chi connectivity index (χ0v) is 13.1. The van der Waals surface area contributed by atoms with Crippen LogP contribution in [0.15, 0.2) is 24.5 Å². The Kier molecular flexibility index (Phi) is 4.13. The first-order valence-corrected chi connectivity index (χ1v) is 7.61. The molecule has 1 aliphatic rings. The third-order valence-electron chi connectivity index (χ3n) is 4.50. The van der Waals surface area contributed by atoms with Crippen molar-refractivity contribution in [1.82, 2.24) is 19.4 Å². The molecular weight excluding hydrogens is 280 g/mol. The molecule has 0 spiro atoms. The van der Waals surface area contributed by atoms with Crippen molar-refractivity contribution in [2.75, 3.05) is 33.3 Å². The van der Waals surface area contributed by atoms with E-state index in [1.54, 1.807) is 6.33 Å². The molecule has 22 heavy (non-hydrogen) atoms. The van der Waals surface area contributed by atoms with Gasteiger partial charge < -0.3 is 14.6 Å². The number of aromatic nitrogens is 2. The number of carbonyl (C=O) groups excluding carboxylic acids is 1. The van der Waals surface area contributed by atoms with E-state index in [9.17, 15) is 4.79 Å². The quantitative estimate of drug-likeness (QED) is 0.907. The van der Waals surface area contributed by atoms with Crippen LogP contribution >= 0.6 is 0 Å². The monoisotopic (exact) mass is 302 g/mol. The molecule has 6 heteroatoms. The summed E-state index contributed by atoms with van der Waals surface area (Å²) < 4.78 is 1.94. The lowest BCUT2D eigenvalue weighted by Crippen LogP contribution is -2.53. The normalized spacial score (nSPS) is 19.8. The van der Waals surface area contributed by atoms with Crippen LogP contribution < -0.4 is 0 Å². The standard InChI is InChI=1S/C16H22N4O2/c1-18-6-7-20(10-13(18)5-8-21)16(22)12-3-4-15-14(9-12)17-11-19(15)2/h3-4,9,11,13,21H,5-8,10H2,1-2H3. The molecule has 0 bridgehead atoms. The summed E-state index contributed by atoms with van der Waals surface area (Å²) in [5.41, 5.74) is 2.54. The van der Waals surface area contributed by atoms with Gasteiger partial charge in [0, 0.05) is 44.9 Å². The number of carbonyl (C=O) groups is 1. The number of piperazine rings is 1. The molecule has 1 amide bonds. The number of aliphatic hydroxyl groups excluding tert-OH is 1. The van der Waals surface area contributed by atoms with Crippen LogP contribution in [0.4, 0.5) is 0 Å². The number of rotatable bonds is 3. The topological polar surface area (TPSA) is 61.6 Å². The Morgan fingerprint density at radius 1 is 1.36 bits per heavy atom. The van der Waals surface area contributed by atoms with E-state index in [0.29, 0.717) is 18.5 Å². The number of hydrogen-bond donors (Lipinski definition) is 1. The van der Waals surface area contributed by atoms with E-state index >= 15 is 0 Å². The van der Waals surface area contributed by atoms with Gasteiger partial charge in [-0.2, -0.15) is 0 Å². The Bertz CT molecular complexity index is 682. The predicted molar refractivity (Wildman–Crippen MR) is 84.7 cm³/mol. The maximum atomic E-state index is 12.7. The van der Waals surface area contributed by atoms with E-state index in [-0.39, 0.29) is 18.6 Å². The van der Waals surface area contributed by atoms with E-state index in [0.717, 1.165) is 24.1 Å². The second-order valence-corrected chi connectivity index (χ2v) is 5.96. The van der Waals surface area contributed by atoms with Crippen molar-refractivity contribution >= 4 is 16.9 Å². The zero-order valence-electron chi connectivity index (χ0n) is 13.1. The maximum absolute atomic E-state index is 12.7. The highest BCUT2D eigenvalue weighted by Crippen LogP contribution is 2.18. The molecule has 0 saturated carbocycles. The fourth-order valence-electron chi connectivity index (χ4n) is 3.04. The van der Waals surface area contributed by atoms with Crippen LogP contribution in [0.2, 0.25) is 0 Å². The summed E-state index contributed by atoms with van der Waals surface area (Å²) in [5.74, 6) is 0.0450. The van der Waals surface area contributed by atoms with Crippen molar-refractivity contribution < 1.29 is 9.90 Å². The number of fused-ring (bicyclic) bond motifs is 1. The number of nitrogens with zero attached hydrogens (tertiary/aromatic N) is 4. The molecule has 1 atom stereocenters. The molecule has 3 rings (SSSR count). The summed E-state index contributed by atoms with van der Waals surface area (Å²) in [6, 6.07) is 5.89. The highest BCUT2D eigenvalue weighted by atomic mass is 16.3. The van der Waals surface area contributed by atoms with Crippen LogP contribution in [0.1, 0.15) is 16.8 Å². The molecule has 1 aliphatic heterocycles. The van der Waals surface area contributed by atoms with E-state index < -0.39 is 0 Å². The molecule has 1 aromatic carbocycles. The Morgan fingerprint density at radius 2 is 2.18 bits per heavy atom. The van der Waals surface area contributed by atoms with Gasteiger partial charge in [0.2, 0.25) is 0 Å². The van der Waals surface area contributed by atoms with Gasteiger partial charge >= 0.3 is 0 Å². The lowest BCUT2D eigenvalue weighted by molar-refractivity contribution is 0.0501. The van der Waals surface area contributed by atoms with Crippen molar-refractivity contribution in [3.63, 3.8) is 0 Å². The minimum absolute atomic E-state index is 0.0450. The van der Waals surface area contributed by atoms with Crippen molar-refractivity contribution in [2.45, 2.75) is 12.5 Å². The molecule has 1 saturated heterocycles. The third kappa shape index (κ3) is 2.71. The van der Waals surface area contributed by atoms with E-state index in [4.69, 9.17) is 5.11 Å². The van der Waals surface area contributed by atoms with Gasteiger partial charge in [-0.15, -0.1) is 0 Å². The zero-order chi connectivity index (χ0) is 15.7. The van der Waals surface area contributed by atoms with Crippen LogP contribution in [0, 0.1) is 0 Å². The number of aryl methyl sites for hydroxylation is 1.